The lowest BCUT2D eigenvalue weighted by Gasteiger charge is -2.47. The van der Waals surface area contributed by atoms with E-state index >= 15 is 0 Å². The molecule has 1 aliphatic heterocycles. The Morgan fingerprint density at radius 2 is 2.11 bits per heavy atom. The summed E-state index contributed by atoms with van der Waals surface area (Å²) in [5, 5.41) is 3.42. The van der Waals surface area contributed by atoms with Crippen molar-refractivity contribution in [3.05, 3.63) is 28.2 Å². The Hall–Kier alpha value is -0.540. The van der Waals surface area contributed by atoms with Crippen LogP contribution in [0.2, 0.25) is 0 Å². The molecule has 1 aromatic carbocycles. The Morgan fingerprint density at radius 3 is 2.67 bits per heavy atom. The van der Waals surface area contributed by atoms with Crippen LogP contribution < -0.4 is 10.2 Å². The highest BCUT2D eigenvalue weighted by atomic mass is 79.9. The lowest BCUT2D eigenvalue weighted by Crippen LogP contribution is -2.54. The van der Waals surface area contributed by atoms with Crippen molar-refractivity contribution >= 4 is 21.6 Å². The number of halogens is 1. The van der Waals surface area contributed by atoms with Crippen molar-refractivity contribution in [3.8, 4) is 0 Å². The van der Waals surface area contributed by atoms with Crippen LogP contribution in [0.4, 0.5) is 5.69 Å². The second-order valence-electron chi connectivity index (χ2n) is 5.88. The number of piperidine rings is 1. The van der Waals surface area contributed by atoms with E-state index in [9.17, 15) is 0 Å². The molecule has 2 rings (SSSR count). The van der Waals surface area contributed by atoms with Crippen molar-refractivity contribution in [3.63, 3.8) is 0 Å². The third kappa shape index (κ3) is 2.72. The molecule has 2 nitrogen and oxygen atoms in total. The average molecular weight is 311 g/mol. The summed E-state index contributed by atoms with van der Waals surface area (Å²) >= 11 is 3.57. The largest absolute Gasteiger partial charge is 0.366 e. The second-order valence-corrected chi connectivity index (χ2v) is 6.73. The maximum Gasteiger partial charge on any atom is 0.0374 e. The van der Waals surface area contributed by atoms with Gasteiger partial charge in [0.25, 0.3) is 0 Å². The minimum atomic E-state index is 0.214. The Bertz CT molecular complexity index is 429. The van der Waals surface area contributed by atoms with E-state index < -0.39 is 0 Å². The van der Waals surface area contributed by atoms with E-state index in [1.165, 1.54) is 28.6 Å². The number of benzene rings is 1. The van der Waals surface area contributed by atoms with Gasteiger partial charge < -0.3 is 10.2 Å². The molecule has 1 atom stereocenters. The first-order chi connectivity index (χ1) is 8.44. The molecule has 0 aliphatic carbocycles. The minimum absolute atomic E-state index is 0.214. The summed E-state index contributed by atoms with van der Waals surface area (Å²) in [5.41, 5.74) is 2.86. The molecular formula is C15H23BrN2. The molecule has 1 aromatic rings. The van der Waals surface area contributed by atoms with Crippen molar-refractivity contribution < 1.29 is 0 Å². The zero-order chi connectivity index (χ0) is 13.3. The monoisotopic (exact) mass is 310 g/mol. The van der Waals surface area contributed by atoms with Gasteiger partial charge in [-0.2, -0.15) is 0 Å². The molecule has 1 unspecified atom stereocenters. The van der Waals surface area contributed by atoms with Gasteiger partial charge >= 0.3 is 0 Å². The van der Waals surface area contributed by atoms with Gasteiger partial charge in [-0.3, -0.25) is 0 Å². The summed E-state index contributed by atoms with van der Waals surface area (Å²) in [5.74, 6) is 0. The highest BCUT2D eigenvalue weighted by molar-refractivity contribution is 9.10. The van der Waals surface area contributed by atoms with Gasteiger partial charge in [0.05, 0.1) is 0 Å². The number of nitrogens with one attached hydrogen (secondary N) is 1. The quantitative estimate of drug-likeness (QED) is 0.895. The third-order valence-corrected chi connectivity index (χ3v) is 4.93. The Balaban J connectivity index is 2.25. The zero-order valence-corrected chi connectivity index (χ0v) is 13.3. The summed E-state index contributed by atoms with van der Waals surface area (Å²) in [7, 11) is 2.07. The summed E-state index contributed by atoms with van der Waals surface area (Å²) in [6, 6.07) is 7.31. The number of anilines is 1. The molecule has 0 aromatic heterocycles. The maximum atomic E-state index is 3.57. The molecule has 1 heterocycles. The van der Waals surface area contributed by atoms with Crippen LogP contribution >= 0.6 is 15.9 Å². The summed E-state index contributed by atoms with van der Waals surface area (Å²) in [6.07, 6.45) is 2.41. The van der Waals surface area contributed by atoms with Crippen LogP contribution in [0, 0.1) is 6.92 Å². The molecule has 1 aliphatic rings. The molecule has 18 heavy (non-hydrogen) atoms. The Kier molecular flexibility index (Phi) is 4.02. The van der Waals surface area contributed by atoms with E-state index in [2.05, 4.69) is 72.2 Å². The van der Waals surface area contributed by atoms with Gasteiger partial charge in [0, 0.05) is 28.3 Å². The normalized spacial score (nSPS) is 23.2. The van der Waals surface area contributed by atoms with Crippen molar-refractivity contribution in [2.75, 3.05) is 18.5 Å². The molecule has 0 saturated carbocycles. The topological polar surface area (TPSA) is 15.3 Å². The number of aryl methyl sites for hydroxylation is 1. The first kappa shape index (κ1) is 13.9. The summed E-state index contributed by atoms with van der Waals surface area (Å²) in [6.45, 7) is 7.96. The van der Waals surface area contributed by atoms with E-state index in [-0.39, 0.29) is 5.54 Å². The maximum absolute atomic E-state index is 3.57. The first-order valence-corrected chi connectivity index (χ1v) is 7.44. The Labute approximate surface area is 119 Å². The molecule has 1 fully saturated rings. The van der Waals surface area contributed by atoms with Crippen LogP contribution in [-0.4, -0.2) is 25.2 Å². The zero-order valence-electron chi connectivity index (χ0n) is 11.8. The minimum Gasteiger partial charge on any atom is -0.366 e. The second kappa shape index (κ2) is 5.22. The fourth-order valence-electron chi connectivity index (χ4n) is 2.92. The van der Waals surface area contributed by atoms with E-state index in [0.717, 1.165) is 6.54 Å². The predicted molar refractivity (Wildman–Crippen MR) is 82.4 cm³/mol. The molecular weight excluding hydrogens is 288 g/mol. The van der Waals surface area contributed by atoms with E-state index in [4.69, 9.17) is 0 Å². The first-order valence-electron chi connectivity index (χ1n) is 6.65. The number of nitrogens with zero attached hydrogens (tertiary/aromatic N) is 1. The fourth-order valence-corrected chi connectivity index (χ4v) is 3.17. The average Bonchev–Trinajstić information content (AvgIpc) is 2.31. The van der Waals surface area contributed by atoms with Gasteiger partial charge in [-0.25, -0.2) is 0 Å². The molecule has 3 heteroatoms. The molecule has 0 amide bonds. The molecule has 1 N–H and O–H groups in total. The van der Waals surface area contributed by atoms with Gasteiger partial charge in [-0.1, -0.05) is 15.9 Å². The highest BCUT2D eigenvalue weighted by Gasteiger charge is 2.34. The van der Waals surface area contributed by atoms with E-state index in [1.807, 2.05) is 0 Å². The van der Waals surface area contributed by atoms with Crippen LogP contribution in [0.15, 0.2) is 22.7 Å². The fraction of sp³-hybridized carbons (Fsp3) is 0.600. The molecule has 0 spiro atoms. The Morgan fingerprint density at radius 1 is 1.39 bits per heavy atom. The number of hydrogen-bond acceptors (Lipinski definition) is 2. The van der Waals surface area contributed by atoms with Gasteiger partial charge in [0.1, 0.15) is 0 Å². The van der Waals surface area contributed by atoms with Crippen molar-refractivity contribution in [1.29, 1.82) is 0 Å². The van der Waals surface area contributed by atoms with Gasteiger partial charge in [-0.15, -0.1) is 0 Å². The number of hydrogen-bond donors (Lipinski definition) is 1. The van der Waals surface area contributed by atoms with Crippen molar-refractivity contribution in [1.82, 2.24) is 5.32 Å². The van der Waals surface area contributed by atoms with Crippen LogP contribution in [0.3, 0.4) is 0 Å². The van der Waals surface area contributed by atoms with Gasteiger partial charge in [0.15, 0.2) is 0 Å². The standard InChI is InChI=1S/C15H23BrN2/c1-11-9-13(5-6-14(11)16)18-8-7-12(17-4)10-15(18,2)3/h5-6,9,12,17H,7-8,10H2,1-4H3. The van der Waals surface area contributed by atoms with Crippen molar-refractivity contribution in [2.45, 2.75) is 45.2 Å². The van der Waals surface area contributed by atoms with Crippen LogP contribution in [0.25, 0.3) is 0 Å². The predicted octanol–water partition coefficient (Wildman–Crippen LogP) is 3.72. The van der Waals surface area contributed by atoms with E-state index in [0.29, 0.717) is 6.04 Å². The molecule has 1 saturated heterocycles. The number of rotatable bonds is 2. The molecule has 0 radical (unpaired) electrons. The summed E-state index contributed by atoms with van der Waals surface area (Å²) < 4.78 is 1.19. The smallest absolute Gasteiger partial charge is 0.0374 e. The SMILES string of the molecule is CNC1CCN(c2ccc(Br)c(C)c2)C(C)(C)C1. The lowest BCUT2D eigenvalue weighted by atomic mass is 9.86. The van der Waals surface area contributed by atoms with Gasteiger partial charge in [0.2, 0.25) is 0 Å². The van der Waals surface area contributed by atoms with E-state index in [1.54, 1.807) is 0 Å². The highest BCUT2D eigenvalue weighted by Crippen LogP contribution is 2.34. The van der Waals surface area contributed by atoms with Crippen LogP contribution in [-0.2, 0) is 0 Å². The third-order valence-electron chi connectivity index (χ3n) is 4.04. The van der Waals surface area contributed by atoms with Gasteiger partial charge in [-0.05, 0) is 64.4 Å². The van der Waals surface area contributed by atoms with Crippen LogP contribution in [0.5, 0.6) is 0 Å². The molecule has 100 valence electrons. The van der Waals surface area contributed by atoms with Crippen molar-refractivity contribution in [2.24, 2.45) is 0 Å². The lowest BCUT2D eigenvalue weighted by molar-refractivity contribution is 0.302. The summed E-state index contributed by atoms with van der Waals surface area (Å²) in [4.78, 5) is 2.54. The molecule has 0 bridgehead atoms. The van der Waals surface area contributed by atoms with Crippen LogP contribution in [0.1, 0.15) is 32.3 Å².